The number of carbonyl (C=O) groups is 1. The molecule has 0 aliphatic carbocycles. The lowest BCUT2D eigenvalue weighted by atomic mass is 9.80. The van der Waals surface area contributed by atoms with E-state index < -0.39 is 11.4 Å². The van der Waals surface area contributed by atoms with E-state index in [0.29, 0.717) is 6.04 Å². The molecule has 0 aromatic heterocycles. The van der Waals surface area contributed by atoms with Gasteiger partial charge in [-0.05, 0) is 59.3 Å². The van der Waals surface area contributed by atoms with Crippen LogP contribution in [0.3, 0.4) is 0 Å². The van der Waals surface area contributed by atoms with Gasteiger partial charge in [-0.2, -0.15) is 0 Å². The van der Waals surface area contributed by atoms with Crippen LogP contribution in [0.25, 0.3) is 0 Å². The number of carboxylic acid groups (broad SMARTS) is 1. The summed E-state index contributed by atoms with van der Waals surface area (Å²) in [6.07, 6.45) is 4.13. The van der Waals surface area contributed by atoms with Crippen molar-refractivity contribution in [2.75, 3.05) is 33.2 Å². The van der Waals surface area contributed by atoms with Gasteiger partial charge in [-0.15, -0.1) is 0 Å². The maximum Gasteiger partial charge on any atom is 0.309 e. The van der Waals surface area contributed by atoms with Crippen LogP contribution in [0.4, 0.5) is 0 Å². The lowest BCUT2D eigenvalue weighted by Gasteiger charge is -2.43. The summed E-state index contributed by atoms with van der Waals surface area (Å²) in [5, 5.41) is 9.21. The lowest BCUT2D eigenvalue weighted by molar-refractivity contribution is -0.151. The van der Waals surface area contributed by atoms with Crippen molar-refractivity contribution in [1.82, 2.24) is 9.80 Å². The second kappa shape index (κ2) is 4.94. The first-order chi connectivity index (χ1) is 8.01. The summed E-state index contributed by atoms with van der Waals surface area (Å²) in [5.41, 5.74) is -0.489. The minimum absolute atomic E-state index is 0.489. The third-order valence-electron chi connectivity index (χ3n) is 4.53. The Morgan fingerprint density at radius 3 is 2.47 bits per heavy atom. The molecule has 2 saturated heterocycles. The van der Waals surface area contributed by atoms with Gasteiger partial charge in [0.1, 0.15) is 0 Å². The van der Waals surface area contributed by atoms with E-state index in [9.17, 15) is 9.90 Å². The number of rotatable bonds is 2. The average Bonchev–Trinajstić information content (AvgIpc) is 2.30. The molecule has 0 aromatic carbocycles. The lowest BCUT2D eigenvalue weighted by Crippen LogP contribution is -2.52. The van der Waals surface area contributed by atoms with Crippen LogP contribution in [0, 0.1) is 5.41 Å². The van der Waals surface area contributed by atoms with Crippen LogP contribution in [0.1, 0.15) is 32.6 Å². The molecule has 17 heavy (non-hydrogen) atoms. The topological polar surface area (TPSA) is 43.8 Å². The van der Waals surface area contributed by atoms with E-state index >= 15 is 0 Å². The minimum Gasteiger partial charge on any atom is -0.481 e. The number of piperidine rings is 2. The maximum absolute atomic E-state index is 11.2. The van der Waals surface area contributed by atoms with Gasteiger partial charge in [-0.3, -0.25) is 9.69 Å². The molecule has 0 amide bonds. The molecule has 4 nitrogen and oxygen atoms in total. The quantitative estimate of drug-likeness (QED) is 0.789. The molecule has 1 atom stereocenters. The number of aliphatic carboxylic acids is 1. The molecule has 2 rings (SSSR count). The van der Waals surface area contributed by atoms with Crippen molar-refractivity contribution in [2.24, 2.45) is 5.41 Å². The fraction of sp³-hybridized carbons (Fsp3) is 0.923. The predicted octanol–water partition coefficient (Wildman–Crippen LogP) is 1.27. The van der Waals surface area contributed by atoms with Gasteiger partial charge in [0, 0.05) is 12.6 Å². The monoisotopic (exact) mass is 240 g/mol. The Balaban J connectivity index is 1.88. The summed E-state index contributed by atoms with van der Waals surface area (Å²) in [4.78, 5) is 16.1. The normalized spacial score (nSPS) is 31.3. The van der Waals surface area contributed by atoms with Crippen LogP contribution < -0.4 is 0 Å². The zero-order valence-corrected chi connectivity index (χ0v) is 11.0. The highest BCUT2D eigenvalue weighted by atomic mass is 16.4. The van der Waals surface area contributed by atoms with E-state index in [1.807, 2.05) is 6.92 Å². The molecule has 2 aliphatic rings. The van der Waals surface area contributed by atoms with Crippen LogP contribution >= 0.6 is 0 Å². The summed E-state index contributed by atoms with van der Waals surface area (Å²) in [7, 11) is 2.18. The highest BCUT2D eigenvalue weighted by Crippen LogP contribution is 2.32. The van der Waals surface area contributed by atoms with Crippen molar-refractivity contribution in [1.29, 1.82) is 0 Å². The molecular formula is C13H24N2O2. The molecule has 2 heterocycles. The number of hydrogen-bond acceptors (Lipinski definition) is 3. The van der Waals surface area contributed by atoms with Crippen LogP contribution in [-0.4, -0.2) is 60.1 Å². The van der Waals surface area contributed by atoms with E-state index in [2.05, 4.69) is 16.8 Å². The molecular weight excluding hydrogens is 216 g/mol. The summed E-state index contributed by atoms with van der Waals surface area (Å²) in [6.45, 7) is 6.13. The van der Waals surface area contributed by atoms with Gasteiger partial charge in [0.15, 0.2) is 0 Å². The second-order valence-corrected chi connectivity index (χ2v) is 5.96. The van der Waals surface area contributed by atoms with E-state index in [1.54, 1.807) is 0 Å². The molecule has 0 aromatic rings. The van der Waals surface area contributed by atoms with Gasteiger partial charge in [-0.1, -0.05) is 0 Å². The number of likely N-dealkylation sites (tertiary alicyclic amines) is 2. The Hall–Kier alpha value is -0.610. The van der Waals surface area contributed by atoms with Crippen LogP contribution in [0.2, 0.25) is 0 Å². The van der Waals surface area contributed by atoms with Crippen molar-refractivity contribution in [3.05, 3.63) is 0 Å². The standard InChI is InChI=1S/C13H24N2O2/c1-13(12(16)17)5-8-15(9-6-13)11-4-3-7-14(2)10-11/h11H,3-10H2,1-2H3,(H,16,17). The molecule has 98 valence electrons. The average molecular weight is 240 g/mol. The fourth-order valence-electron chi connectivity index (χ4n) is 3.03. The Bertz CT molecular complexity index is 285. The first kappa shape index (κ1) is 12.8. The molecule has 4 heteroatoms. The predicted molar refractivity (Wildman–Crippen MR) is 67.1 cm³/mol. The highest BCUT2D eigenvalue weighted by Gasteiger charge is 2.38. The minimum atomic E-state index is -0.627. The second-order valence-electron chi connectivity index (χ2n) is 5.96. The van der Waals surface area contributed by atoms with Gasteiger partial charge in [0.2, 0.25) is 0 Å². The summed E-state index contributed by atoms with van der Waals surface area (Å²) >= 11 is 0. The van der Waals surface area contributed by atoms with Gasteiger partial charge in [0.05, 0.1) is 5.41 Å². The summed E-state index contributed by atoms with van der Waals surface area (Å²) in [6, 6.07) is 0.645. The molecule has 2 fully saturated rings. The Morgan fingerprint density at radius 1 is 1.29 bits per heavy atom. The third-order valence-corrected chi connectivity index (χ3v) is 4.53. The number of carboxylic acids is 1. The van der Waals surface area contributed by atoms with E-state index in [-0.39, 0.29) is 0 Å². The summed E-state index contributed by atoms with van der Waals surface area (Å²) < 4.78 is 0. The largest absolute Gasteiger partial charge is 0.481 e. The zero-order valence-electron chi connectivity index (χ0n) is 11.0. The summed E-state index contributed by atoms with van der Waals surface area (Å²) in [5.74, 6) is -0.627. The number of likely N-dealkylation sites (N-methyl/N-ethyl adjacent to an activating group) is 1. The number of nitrogens with zero attached hydrogens (tertiary/aromatic N) is 2. The molecule has 1 N–H and O–H groups in total. The van der Waals surface area contributed by atoms with Crippen molar-refractivity contribution in [2.45, 2.75) is 38.6 Å². The van der Waals surface area contributed by atoms with Crippen molar-refractivity contribution in [3.63, 3.8) is 0 Å². The molecule has 1 unspecified atom stereocenters. The zero-order chi connectivity index (χ0) is 12.5. The van der Waals surface area contributed by atoms with E-state index in [4.69, 9.17) is 0 Å². The Labute approximate surface area is 104 Å². The first-order valence-electron chi connectivity index (χ1n) is 6.67. The van der Waals surface area contributed by atoms with Crippen LogP contribution in [0.5, 0.6) is 0 Å². The molecule has 0 spiro atoms. The fourth-order valence-corrected chi connectivity index (χ4v) is 3.03. The highest BCUT2D eigenvalue weighted by molar-refractivity contribution is 5.74. The third kappa shape index (κ3) is 2.80. The van der Waals surface area contributed by atoms with Crippen LogP contribution in [0.15, 0.2) is 0 Å². The van der Waals surface area contributed by atoms with Crippen LogP contribution in [-0.2, 0) is 4.79 Å². The molecule has 0 radical (unpaired) electrons. The molecule has 0 saturated carbocycles. The van der Waals surface area contributed by atoms with Gasteiger partial charge < -0.3 is 10.0 Å². The van der Waals surface area contributed by atoms with E-state index in [1.165, 1.54) is 19.4 Å². The first-order valence-corrected chi connectivity index (χ1v) is 6.67. The maximum atomic E-state index is 11.2. The van der Waals surface area contributed by atoms with Crippen molar-refractivity contribution >= 4 is 5.97 Å². The van der Waals surface area contributed by atoms with E-state index in [0.717, 1.165) is 32.5 Å². The Kier molecular flexibility index (Phi) is 3.73. The smallest absolute Gasteiger partial charge is 0.309 e. The van der Waals surface area contributed by atoms with Gasteiger partial charge >= 0.3 is 5.97 Å². The number of hydrogen-bond donors (Lipinski definition) is 1. The van der Waals surface area contributed by atoms with Crippen molar-refractivity contribution < 1.29 is 9.90 Å². The van der Waals surface area contributed by atoms with Gasteiger partial charge in [0.25, 0.3) is 0 Å². The van der Waals surface area contributed by atoms with Crippen molar-refractivity contribution in [3.8, 4) is 0 Å². The van der Waals surface area contributed by atoms with Gasteiger partial charge in [-0.25, -0.2) is 0 Å². The molecule has 2 aliphatic heterocycles. The molecule has 0 bridgehead atoms. The Morgan fingerprint density at radius 2 is 1.94 bits per heavy atom. The SMILES string of the molecule is CN1CCCC(N2CCC(C)(C(=O)O)CC2)C1.